The summed E-state index contributed by atoms with van der Waals surface area (Å²) in [6.45, 7) is 7.74. The minimum atomic E-state index is -0.578. The topological polar surface area (TPSA) is 50.1 Å². The molecule has 0 fully saturated rings. The van der Waals surface area contributed by atoms with Crippen molar-refractivity contribution in [3.63, 3.8) is 0 Å². The Bertz CT molecular complexity index is 505. The van der Waals surface area contributed by atoms with E-state index in [4.69, 9.17) is 10.00 Å². The van der Waals surface area contributed by atoms with E-state index in [0.29, 0.717) is 5.92 Å². The van der Waals surface area contributed by atoms with Gasteiger partial charge in [0.05, 0.1) is 6.10 Å². The highest BCUT2D eigenvalue weighted by Gasteiger charge is 2.12. The molecule has 1 aromatic carbocycles. The zero-order valence-electron chi connectivity index (χ0n) is 11.8. The summed E-state index contributed by atoms with van der Waals surface area (Å²) in [5, 5.41) is 8.99. The van der Waals surface area contributed by atoms with Crippen LogP contribution in [0.4, 0.5) is 0 Å². The lowest BCUT2D eigenvalue weighted by Gasteiger charge is -2.07. The number of ether oxygens (including phenoxy) is 1. The third kappa shape index (κ3) is 4.59. The number of nitrogens with zero attached hydrogens (tertiary/aromatic N) is 1. The van der Waals surface area contributed by atoms with E-state index >= 15 is 0 Å². The number of esters is 1. The van der Waals surface area contributed by atoms with Crippen molar-refractivity contribution in [3.05, 3.63) is 41.0 Å². The zero-order chi connectivity index (χ0) is 14.4. The molecule has 0 N–H and O–H groups in total. The molecule has 0 bridgehead atoms. The number of hydrogen-bond acceptors (Lipinski definition) is 3. The number of benzene rings is 1. The molecular weight excluding hydrogens is 238 g/mol. The van der Waals surface area contributed by atoms with Gasteiger partial charge in [-0.3, -0.25) is 0 Å². The van der Waals surface area contributed by atoms with Crippen LogP contribution in [0.5, 0.6) is 0 Å². The van der Waals surface area contributed by atoms with Gasteiger partial charge in [-0.25, -0.2) is 4.79 Å². The Hall–Kier alpha value is -2.08. The summed E-state index contributed by atoms with van der Waals surface area (Å²) in [5.41, 5.74) is 2.06. The third-order valence-corrected chi connectivity index (χ3v) is 2.60. The van der Waals surface area contributed by atoms with E-state index in [1.807, 2.05) is 30.3 Å². The number of carbonyl (C=O) groups excluding carboxylic acids is 1. The summed E-state index contributed by atoms with van der Waals surface area (Å²) >= 11 is 0. The fraction of sp³-hybridized carbons (Fsp3) is 0.375. The first-order chi connectivity index (χ1) is 8.93. The Kier molecular flexibility index (Phi) is 5.32. The molecule has 19 heavy (non-hydrogen) atoms. The van der Waals surface area contributed by atoms with Crippen LogP contribution >= 0.6 is 0 Å². The first-order valence-corrected chi connectivity index (χ1v) is 6.36. The number of carbonyl (C=O) groups is 1. The van der Waals surface area contributed by atoms with E-state index in [-0.39, 0.29) is 11.7 Å². The molecule has 0 atom stereocenters. The molecule has 0 aliphatic heterocycles. The van der Waals surface area contributed by atoms with Crippen LogP contribution < -0.4 is 0 Å². The lowest BCUT2D eigenvalue weighted by Crippen LogP contribution is -2.12. The summed E-state index contributed by atoms with van der Waals surface area (Å²) in [4.78, 5) is 11.7. The van der Waals surface area contributed by atoms with Gasteiger partial charge >= 0.3 is 5.97 Å². The Morgan fingerprint density at radius 1 is 1.21 bits per heavy atom. The molecule has 0 saturated carbocycles. The maximum atomic E-state index is 11.7. The average molecular weight is 257 g/mol. The summed E-state index contributed by atoms with van der Waals surface area (Å²) < 4.78 is 5.01. The molecule has 3 heteroatoms. The Morgan fingerprint density at radius 2 is 1.79 bits per heavy atom. The van der Waals surface area contributed by atoms with Crippen LogP contribution in [-0.2, 0) is 9.53 Å². The molecular formula is C16H19NO2. The fourth-order valence-corrected chi connectivity index (χ4v) is 1.56. The molecule has 0 radical (unpaired) electrons. The molecule has 3 nitrogen and oxygen atoms in total. The van der Waals surface area contributed by atoms with E-state index in [9.17, 15) is 4.79 Å². The van der Waals surface area contributed by atoms with E-state index in [1.54, 1.807) is 19.9 Å². The monoisotopic (exact) mass is 257 g/mol. The minimum Gasteiger partial charge on any atom is -0.459 e. The molecule has 0 spiro atoms. The molecule has 0 aliphatic carbocycles. The normalized spacial score (nSPS) is 11.5. The number of hydrogen-bond donors (Lipinski definition) is 0. The Labute approximate surface area is 114 Å². The van der Waals surface area contributed by atoms with Crippen molar-refractivity contribution in [2.75, 3.05) is 0 Å². The zero-order valence-corrected chi connectivity index (χ0v) is 11.8. The second-order valence-electron chi connectivity index (χ2n) is 4.95. The van der Waals surface area contributed by atoms with Crippen molar-refractivity contribution in [2.24, 2.45) is 0 Å². The smallest absolute Gasteiger partial charge is 0.349 e. The van der Waals surface area contributed by atoms with Crippen molar-refractivity contribution >= 4 is 12.0 Å². The molecule has 0 heterocycles. The van der Waals surface area contributed by atoms with Gasteiger partial charge in [0.1, 0.15) is 11.6 Å². The van der Waals surface area contributed by atoms with Crippen LogP contribution in [0.3, 0.4) is 0 Å². The van der Waals surface area contributed by atoms with Gasteiger partial charge in [-0.05, 0) is 37.0 Å². The van der Waals surface area contributed by atoms with E-state index < -0.39 is 5.97 Å². The molecule has 0 amide bonds. The molecule has 0 aliphatic rings. The van der Waals surface area contributed by atoms with Gasteiger partial charge in [-0.15, -0.1) is 0 Å². The van der Waals surface area contributed by atoms with Gasteiger partial charge < -0.3 is 4.74 Å². The van der Waals surface area contributed by atoms with E-state index in [1.165, 1.54) is 5.56 Å². The standard InChI is InChI=1S/C16H19NO2/c1-11(2)14-7-5-13(6-8-14)9-15(10-17)16(18)19-12(3)4/h5-9,11-12H,1-4H3/b15-9-. The van der Waals surface area contributed by atoms with Gasteiger partial charge in [0.2, 0.25) is 0 Å². The van der Waals surface area contributed by atoms with Crippen LogP contribution in [0, 0.1) is 11.3 Å². The van der Waals surface area contributed by atoms with E-state index in [2.05, 4.69) is 13.8 Å². The maximum Gasteiger partial charge on any atom is 0.349 e. The molecule has 0 saturated heterocycles. The highest BCUT2D eigenvalue weighted by atomic mass is 16.5. The molecule has 0 aromatic heterocycles. The minimum absolute atomic E-state index is 0.0194. The first kappa shape index (κ1) is 15.0. The van der Waals surface area contributed by atoms with Crippen molar-refractivity contribution < 1.29 is 9.53 Å². The van der Waals surface area contributed by atoms with Crippen LogP contribution in [-0.4, -0.2) is 12.1 Å². The molecule has 0 unspecified atom stereocenters. The lowest BCUT2D eigenvalue weighted by molar-refractivity contribution is -0.142. The van der Waals surface area contributed by atoms with Gasteiger partial charge in [-0.2, -0.15) is 5.26 Å². The summed E-state index contributed by atoms with van der Waals surface area (Å²) in [6.07, 6.45) is 1.32. The predicted octanol–water partition coefficient (Wildman–Crippen LogP) is 3.67. The van der Waals surface area contributed by atoms with Crippen molar-refractivity contribution in [1.82, 2.24) is 0 Å². The second-order valence-corrected chi connectivity index (χ2v) is 4.95. The SMILES string of the molecule is CC(C)OC(=O)/C(C#N)=C\c1ccc(C(C)C)cc1. The van der Waals surface area contributed by atoms with Crippen LogP contribution in [0.25, 0.3) is 6.08 Å². The number of nitriles is 1. The summed E-state index contributed by atoms with van der Waals surface area (Å²) in [6, 6.07) is 9.67. The largest absolute Gasteiger partial charge is 0.459 e. The van der Waals surface area contributed by atoms with Gasteiger partial charge in [-0.1, -0.05) is 38.1 Å². The third-order valence-electron chi connectivity index (χ3n) is 2.60. The predicted molar refractivity (Wildman–Crippen MR) is 75.3 cm³/mol. The fourth-order valence-electron chi connectivity index (χ4n) is 1.56. The van der Waals surface area contributed by atoms with Crippen molar-refractivity contribution in [3.8, 4) is 6.07 Å². The van der Waals surface area contributed by atoms with Gasteiger partial charge in [0.25, 0.3) is 0 Å². The van der Waals surface area contributed by atoms with Crippen LogP contribution in [0.15, 0.2) is 29.8 Å². The average Bonchev–Trinajstić information content (AvgIpc) is 2.35. The van der Waals surface area contributed by atoms with Crippen LogP contribution in [0.1, 0.15) is 44.7 Å². The lowest BCUT2D eigenvalue weighted by atomic mass is 10.0. The Morgan fingerprint density at radius 3 is 2.21 bits per heavy atom. The van der Waals surface area contributed by atoms with Crippen LogP contribution in [0.2, 0.25) is 0 Å². The summed E-state index contributed by atoms with van der Waals surface area (Å²) in [7, 11) is 0. The Balaban J connectivity index is 2.92. The van der Waals surface area contributed by atoms with Crippen molar-refractivity contribution in [2.45, 2.75) is 39.7 Å². The maximum absolute atomic E-state index is 11.7. The number of rotatable bonds is 4. The second kappa shape index (κ2) is 6.75. The highest BCUT2D eigenvalue weighted by Crippen LogP contribution is 2.16. The van der Waals surface area contributed by atoms with E-state index in [0.717, 1.165) is 5.56 Å². The first-order valence-electron chi connectivity index (χ1n) is 6.36. The molecule has 1 aromatic rings. The van der Waals surface area contributed by atoms with Crippen molar-refractivity contribution in [1.29, 1.82) is 5.26 Å². The highest BCUT2D eigenvalue weighted by molar-refractivity contribution is 5.97. The van der Waals surface area contributed by atoms with Gasteiger partial charge in [0, 0.05) is 0 Å². The molecule has 100 valence electrons. The molecule has 1 rings (SSSR count). The quantitative estimate of drug-likeness (QED) is 0.470. The summed E-state index contributed by atoms with van der Waals surface area (Å²) in [5.74, 6) is -0.121. The van der Waals surface area contributed by atoms with Gasteiger partial charge in [0.15, 0.2) is 0 Å².